The number of nitrogens with one attached hydrogen (secondary N) is 1. The number of carbonyl (C=O) groups excluding carboxylic acids is 1. The van der Waals surface area contributed by atoms with Crippen molar-refractivity contribution in [3.63, 3.8) is 0 Å². The van der Waals surface area contributed by atoms with Gasteiger partial charge in [0.25, 0.3) is 11.4 Å². The van der Waals surface area contributed by atoms with Gasteiger partial charge in [-0.05, 0) is 68.4 Å². The Hall–Kier alpha value is -5.23. The number of aromatic nitrogens is 1. The average Bonchev–Trinajstić information content (AvgIpc) is 3.49. The predicted octanol–water partition coefficient (Wildman–Crippen LogP) is 6.57. The maximum absolute atomic E-state index is 12.5. The minimum absolute atomic E-state index is 0.00944. The van der Waals surface area contributed by atoms with Gasteiger partial charge in [-0.1, -0.05) is 11.8 Å². The number of carbonyl (C=O) groups is 1. The molecule has 0 bridgehead atoms. The fraction of sp³-hybridized carbons (Fsp3) is 0.0714. The normalized spacial score (nSPS) is 11.2. The monoisotopic (exact) mass is 555 g/mol. The molecule has 11 nitrogen and oxygen atoms in total. The number of aryl methyl sites for hydroxylation is 1. The quantitative estimate of drug-likeness (QED) is 0.129. The molecule has 5 rings (SSSR count). The summed E-state index contributed by atoms with van der Waals surface area (Å²) in [6.07, 6.45) is 1.54. The lowest BCUT2D eigenvalue weighted by Gasteiger charge is -2.10. The number of nitro benzene ring substituents is 2. The highest BCUT2D eigenvalue weighted by atomic mass is 32.2. The topological polar surface area (TPSA) is 146 Å². The minimum Gasteiger partial charge on any atom is -0.451 e. The van der Waals surface area contributed by atoms with Crippen LogP contribution in [0.25, 0.3) is 16.7 Å². The van der Waals surface area contributed by atoms with Gasteiger partial charge >= 0.3 is 5.91 Å². The van der Waals surface area contributed by atoms with E-state index in [1.807, 2.05) is 44.2 Å². The van der Waals surface area contributed by atoms with Crippen molar-refractivity contribution in [2.45, 2.75) is 23.6 Å². The number of nitrogens with zero attached hydrogens (tertiary/aromatic N) is 4. The highest BCUT2D eigenvalue weighted by Crippen LogP contribution is 2.30. The smallest absolute Gasteiger partial charge is 0.307 e. The van der Waals surface area contributed by atoms with Gasteiger partial charge in [-0.15, -0.1) is 0 Å². The predicted molar refractivity (Wildman–Crippen MR) is 150 cm³/mol. The lowest BCUT2D eigenvalue weighted by atomic mass is 10.2. The summed E-state index contributed by atoms with van der Waals surface area (Å²) in [6, 6.07) is 21.8. The Morgan fingerprint density at radius 3 is 2.17 bits per heavy atom. The minimum atomic E-state index is -0.579. The second kappa shape index (κ2) is 10.9. The third-order valence-corrected chi connectivity index (χ3v) is 7.17. The number of hydrogen-bond acceptors (Lipinski definition) is 8. The van der Waals surface area contributed by atoms with Gasteiger partial charge < -0.3 is 8.98 Å². The molecule has 12 heteroatoms. The van der Waals surface area contributed by atoms with Crippen molar-refractivity contribution in [1.82, 2.24) is 9.99 Å². The molecule has 5 aromatic rings. The van der Waals surface area contributed by atoms with Crippen molar-refractivity contribution >= 4 is 46.2 Å². The number of nitro groups is 2. The van der Waals surface area contributed by atoms with E-state index in [9.17, 15) is 25.0 Å². The Balaban J connectivity index is 1.26. The molecule has 0 unspecified atom stereocenters. The molecule has 0 radical (unpaired) electrons. The maximum Gasteiger partial charge on any atom is 0.307 e. The van der Waals surface area contributed by atoms with E-state index in [-0.39, 0.29) is 17.1 Å². The van der Waals surface area contributed by atoms with Crippen molar-refractivity contribution < 1.29 is 19.1 Å². The molecule has 0 aliphatic heterocycles. The van der Waals surface area contributed by atoms with Gasteiger partial charge in [-0.25, -0.2) is 5.43 Å². The van der Waals surface area contributed by atoms with Crippen LogP contribution in [0.1, 0.15) is 27.5 Å². The van der Waals surface area contributed by atoms with Crippen LogP contribution < -0.4 is 5.43 Å². The molecule has 0 atom stereocenters. The lowest BCUT2D eigenvalue weighted by molar-refractivity contribution is -0.385. The summed E-state index contributed by atoms with van der Waals surface area (Å²) in [5.74, 6) is -0.588. The van der Waals surface area contributed by atoms with Gasteiger partial charge in [0.05, 0.1) is 16.1 Å². The highest BCUT2D eigenvalue weighted by Gasteiger charge is 2.15. The molecule has 40 heavy (non-hydrogen) atoms. The van der Waals surface area contributed by atoms with Gasteiger partial charge in [0.1, 0.15) is 5.58 Å². The fourth-order valence-corrected chi connectivity index (χ4v) is 5.04. The van der Waals surface area contributed by atoms with Crippen molar-refractivity contribution in [2.75, 3.05) is 0 Å². The first-order chi connectivity index (χ1) is 19.2. The van der Waals surface area contributed by atoms with E-state index in [4.69, 9.17) is 4.42 Å². The molecule has 1 N–H and O–H groups in total. The van der Waals surface area contributed by atoms with Gasteiger partial charge in [-0.3, -0.25) is 25.0 Å². The third kappa shape index (κ3) is 5.47. The lowest BCUT2D eigenvalue weighted by Crippen LogP contribution is -2.16. The molecule has 0 aliphatic rings. The van der Waals surface area contributed by atoms with E-state index in [2.05, 4.69) is 15.1 Å². The van der Waals surface area contributed by atoms with Gasteiger partial charge in [-0.2, -0.15) is 5.10 Å². The summed E-state index contributed by atoms with van der Waals surface area (Å²) in [7, 11) is 0. The Morgan fingerprint density at radius 2 is 1.52 bits per heavy atom. The molecule has 0 fully saturated rings. The Bertz CT molecular complexity index is 1790. The Morgan fingerprint density at radius 1 is 0.900 bits per heavy atom. The van der Waals surface area contributed by atoms with Crippen LogP contribution in [0.15, 0.2) is 98.2 Å². The zero-order valence-electron chi connectivity index (χ0n) is 21.2. The van der Waals surface area contributed by atoms with Crippen LogP contribution in [-0.2, 0) is 0 Å². The molecule has 2 heterocycles. The first-order valence-electron chi connectivity index (χ1n) is 11.9. The summed E-state index contributed by atoms with van der Waals surface area (Å²) in [6.45, 7) is 3.91. The molecule has 3 aromatic carbocycles. The van der Waals surface area contributed by atoms with Crippen molar-refractivity contribution in [1.29, 1.82) is 0 Å². The summed E-state index contributed by atoms with van der Waals surface area (Å²) in [5.41, 5.74) is 6.41. The molecule has 0 saturated heterocycles. The summed E-state index contributed by atoms with van der Waals surface area (Å²) >= 11 is 1.51. The second-order valence-corrected chi connectivity index (χ2v) is 9.94. The van der Waals surface area contributed by atoms with E-state index < -0.39 is 15.8 Å². The average molecular weight is 556 g/mol. The summed E-state index contributed by atoms with van der Waals surface area (Å²) in [5, 5.41) is 26.3. The Kier molecular flexibility index (Phi) is 7.17. The fourth-order valence-electron chi connectivity index (χ4n) is 4.22. The van der Waals surface area contributed by atoms with Crippen LogP contribution in [-0.4, -0.2) is 26.5 Å². The number of amides is 1. The molecule has 200 valence electrons. The SMILES string of the molecule is Cc1cc(/C=N\NC(=O)c2cc3cc([N+](=O)[O-])ccc3o2)c(C)n1-c1ccc(Sc2ccc([N+](=O)[O-])cc2)cc1. The van der Waals surface area contributed by atoms with Crippen LogP contribution in [0.2, 0.25) is 0 Å². The number of hydrogen-bond donors (Lipinski definition) is 1. The molecule has 0 aliphatic carbocycles. The van der Waals surface area contributed by atoms with Crippen LogP contribution in [0.4, 0.5) is 11.4 Å². The number of non-ortho nitro benzene ring substituents is 2. The number of benzene rings is 3. The van der Waals surface area contributed by atoms with E-state index in [1.54, 1.807) is 18.3 Å². The molecule has 0 spiro atoms. The number of fused-ring (bicyclic) bond motifs is 1. The van der Waals surface area contributed by atoms with Gasteiger partial charge in [0.15, 0.2) is 5.76 Å². The first-order valence-corrected chi connectivity index (χ1v) is 12.7. The summed E-state index contributed by atoms with van der Waals surface area (Å²) in [4.78, 5) is 35.3. The highest BCUT2D eigenvalue weighted by molar-refractivity contribution is 7.99. The Labute approximate surface area is 231 Å². The third-order valence-electron chi connectivity index (χ3n) is 6.15. The van der Waals surface area contributed by atoms with Gasteiger partial charge in [0, 0.05) is 62.1 Å². The number of rotatable bonds is 8. The zero-order chi connectivity index (χ0) is 28.4. The second-order valence-electron chi connectivity index (χ2n) is 8.80. The van der Waals surface area contributed by atoms with Crippen molar-refractivity contribution in [3.8, 4) is 5.69 Å². The van der Waals surface area contributed by atoms with E-state index in [0.29, 0.717) is 11.0 Å². The molecular formula is C28H21N5O6S. The van der Waals surface area contributed by atoms with Crippen LogP contribution in [0, 0.1) is 34.1 Å². The largest absolute Gasteiger partial charge is 0.451 e. The van der Waals surface area contributed by atoms with E-state index >= 15 is 0 Å². The van der Waals surface area contributed by atoms with Crippen LogP contribution in [0.5, 0.6) is 0 Å². The zero-order valence-corrected chi connectivity index (χ0v) is 22.0. The van der Waals surface area contributed by atoms with Crippen LogP contribution in [0.3, 0.4) is 0 Å². The number of hydrazone groups is 1. The van der Waals surface area contributed by atoms with E-state index in [1.165, 1.54) is 48.2 Å². The van der Waals surface area contributed by atoms with Crippen LogP contribution >= 0.6 is 11.8 Å². The summed E-state index contributed by atoms with van der Waals surface area (Å²) < 4.78 is 7.56. The first kappa shape index (κ1) is 26.4. The molecular weight excluding hydrogens is 534 g/mol. The van der Waals surface area contributed by atoms with E-state index in [0.717, 1.165) is 32.4 Å². The molecule has 0 saturated carbocycles. The maximum atomic E-state index is 12.5. The molecule has 2 aromatic heterocycles. The van der Waals surface area contributed by atoms with Crippen molar-refractivity contribution in [2.24, 2.45) is 5.10 Å². The molecule has 1 amide bonds. The van der Waals surface area contributed by atoms with Crippen molar-refractivity contribution in [3.05, 3.63) is 122 Å². The standard InChI is InChI=1S/C28H21N5O6S/c1-17-13-20(16-29-30-28(34)27-15-19-14-23(33(37)38)7-12-26(19)39-27)18(2)31(17)21-3-8-24(9-4-21)40-25-10-5-22(6-11-25)32(35)36/h3-16H,1-2H3,(H,30,34)/b29-16-. The number of furan rings is 1. The van der Waals surface area contributed by atoms with Gasteiger partial charge in [0.2, 0.25) is 0 Å².